The lowest BCUT2D eigenvalue weighted by Gasteiger charge is -2.22. The number of nitrogen functional groups attached to an aromatic ring is 2. The average molecular weight is 561 g/mol. The third-order valence-corrected chi connectivity index (χ3v) is 8.91. The predicted molar refractivity (Wildman–Crippen MR) is 183 cm³/mol. The van der Waals surface area contributed by atoms with Crippen molar-refractivity contribution in [2.75, 3.05) is 11.5 Å². The molecule has 0 amide bonds. The number of hydrogen-bond acceptors (Lipinski definition) is 2. The highest BCUT2D eigenvalue weighted by atomic mass is 14.5. The van der Waals surface area contributed by atoms with Crippen LogP contribution in [0, 0.1) is 0 Å². The standard InChI is InChI=1S/C40H52N2/c1-4-7-8-9-12-36(31-17-19-33(20-18-31)40(11-6-3)35-23-27-38(42)28-24-35)29-30-13-15-32(16-14-30)39(10-5-2)34-21-25-37(41)26-22-34/h13-28,36,39-40H,4-12,29,41-42H2,1-3H3. The Labute approximate surface area is 255 Å². The monoisotopic (exact) mass is 560 g/mol. The summed E-state index contributed by atoms with van der Waals surface area (Å²) in [6, 6.07) is 36.0. The van der Waals surface area contributed by atoms with Gasteiger partial charge in [-0.1, -0.05) is 132 Å². The zero-order valence-corrected chi connectivity index (χ0v) is 26.2. The fraction of sp³-hybridized carbons (Fsp3) is 0.400. The van der Waals surface area contributed by atoms with E-state index in [0.29, 0.717) is 17.8 Å². The van der Waals surface area contributed by atoms with Crippen LogP contribution in [-0.4, -0.2) is 0 Å². The zero-order valence-electron chi connectivity index (χ0n) is 26.2. The Morgan fingerprint density at radius 2 is 0.833 bits per heavy atom. The van der Waals surface area contributed by atoms with Gasteiger partial charge in [-0.3, -0.25) is 0 Å². The van der Waals surface area contributed by atoms with Gasteiger partial charge in [-0.2, -0.15) is 0 Å². The van der Waals surface area contributed by atoms with Gasteiger partial charge < -0.3 is 11.5 Å². The highest BCUT2D eigenvalue weighted by Gasteiger charge is 2.18. The van der Waals surface area contributed by atoms with Crippen molar-refractivity contribution >= 4 is 11.4 Å². The molecule has 2 heteroatoms. The molecule has 3 unspecified atom stereocenters. The summed E-state index contributed by atoms with van der Waals surface area (Å²) in [7, 11) is 0. The molecule has 4 N–H and O–H groups in total. The molecule has 0 saturated heterocycles. The molecular weight excluding hydrogens is 508 g/mol. The zero-order chi connectivity index (χ0) is 29.7. The van der Waals surface area contributed by atoms with Crippen LogP contribution in [0.4, 0.5) is 11.4 Å². The number of nitrogens with two attached hydrogens (primary N) is 2. The van der Waals surface area contributed by atoms with E-state index in [1.54, 1.807) is 0 Å². The lowest BCUT2D eigenvalue weighted by molar-refractivity contribution is 0.550. The highest BCUT2D eigenvalue weighted by molar-refractivity contribution is 5.44. The van der Waals surface area contributed by atoms with Crippen LogP contribution in [0.15, 0.2) is 97.1 Å². The maximum absolute atomic E-state index is 5.98. The average Bonchev–Trinajstić information content (AvgIpc) is 3.02. The van der Waals surface area contributed by atoms with Crippen LogP contribution in [0.3, 0.4) is 0 Å². The summed E-state index contributed by atoms with van der Waals surface area (Å²) in [5.41, 5.74) is 22.0. The third-order valence-electron chi connectivity index (χ3n) is 8.91. The van der Waals surface area contributed by atoms with E-state index in [2.05, 4.69) is 93.6 Å². The Hall–Kier alpha value is -3.52. The first kappa shape index (κ1) is 31.4. The van der Waals surface area contributed by atoms with Gasteiger partial charge in [0.05, 0.1) is 0 Å². The van der Waals surface area contributed by atoms with Crippen LogP contribution in [0.5, 0.6) is 0 Å². The SMILES string of the molecule is CCCCCCC(Cc1ccc(C(CCC)c2ccc(N)cc2)cc1)c1ccc(C(CCC)c2ccc(N)cc2)cc1. The lowest BCUT2D eigenvalue weighted by Crippen LogP contribution is -2.06. The quantitative estimate of drug-likeness (QED) is 0.106. The Kier molecular flexibility index (Phi) is 12.1. The van der Waals surface area contributed by atoms with E-state index in [0.717, 1.165) is 43.5 Å². The van der Waals surface area contributed by atoms with Crippen LogP contribution < -0.4 is 11.5 Å². The number of rotatable bonds is 16. The topological polar surface area (TPSA) is 52.0 Å². The minimum Gasteiger partial charge on any atom is -0.399 e. The number of hydrogen-bond donors (Lipinski definition) is 2. The molecule has 0 saturated carbocycles. The van der Waals surface area contributed by atoms with Crippen molar-refractivity contribution in [3.63, 3.8) is 0 Å². The van der Waals surface area contributed by atoms with Gasteiger partial charge in [0.25, 0.3) is 0 Å². The maximum atomic E-state index is 5.98. The second-order valence-corrected chi connectivity index (χ2v) is 12.2. The van der Waals surface area contributed by atoms with Gasteiger partial charge in [0, 0.05) is 23.2 Å². The second kappa shape index (κ2) is 16.2. The Morgan fingerprint density at radius 3 is 1.26 bits per heavy atom. The highest BCUT2D eigenvalue weighted by Crippen LogP contribution is 2.34. The first-order valence-electron chi connectivity index (χ1n) is 16.4. The van der Waals surface area contributed by atoms with Crippen LogP contribution in [0.25, 0.3) is 0 Å². The van der Waals surface area contributed by atoms with E-state index < -0.39 is 0 Å². The van der Waals surface area contributed by atoms with Crippen molar-refractivity contribution < 1.29 is 0 Å². The van der Waals surface area contributed by atoms with E-state index in [1.807, 2.05) is 24.3 Å². The predicted octanol–water partition coefficient (Wildman–Crippen LogP) is 11.0. The molecule has 0 fully saturated rings. The van der Waals surface area contributed by atoms with Crippen molar-refractivity contribution in [1.29, 1.82) is 0 Å². The summed E-state index contributed by atoms with van der Waals surface area (Å²) in [6.45, 7) is 6.84. The molecule has 0 aliphatic carbocycles. The molecule has 42 heavy (non-hydrogen) atoms. The summed E-state index contributed by atoms with van der Waals surface area (Å²) in [5.74, 6) is 1.36. The van der Waals surface area contributed by atoms with Crippen molar-refractivity contribution in [1.82, 2.24) is 0 Å². The van der Waals surface area contributed by atoms with Crippen LogP contribution in [0.2, 0.25) is 0 Å². The smallest absolute Gasteiger partial charge is 0.0314 e. The molecule has 4 aromatic carbocycles. The molecule has 0 spiro atoms. The van der Waals surface area contributed by atoms with Crippen molar-refractivity contribution in [3.05, 3.63) is 130 Å². The summed E-state index contributed by atoms with van der Waals surface area (Å²) >= 11 is 0. The number of unbranched alkanes of at least 4 members (excludes halogenated alkanes) is 3. The van der Waals surface area contributed by atoms with Gasteiger partial charge in [0.2, 0.25) is 0 Å². The number of anilines is 2. The minimum absolute atomic E-state index is 0.414. The summed E-state index contributed by atoms with van der Waals surface area (Å²) < 4.78 is 0. The Bertz CT molecular complexity index is 1300. The molecule has 222 valence electrons. The summed E-state index contributed by atoms with van der Waals surface area (Å²) in [5, 5.41) is 0. The van der Waals surface area contributed by atoms with Gasteiger partial charge >= 0.3 is 0 Å². The summed E-state index contributed by atoms with van der Waals surface area (Å²) in [6.07, 6.45) is 12.1. The molecule has 4 rings (SSSR count). The molecule has 0 radical (unpaired) electrons. The van der Waals surface area contributed by atoms with Gasteiger partial charge in [0.1, 0.15) is 0 Å². The Balaban J connectivity index is 1.53. The van der Waals surface area contributed by atoms with Gasteiger partial charge in [-0.25, -0.2) is 0 Å². The fourth-order valence-corrected chi connectivity index (χ4v) is 6.46. The third kappa shape index (κ3) is 8.74. The molecule has 0 aromatic heterocycles. The second-order valence-electron chi connectivity index (χ2n) is 12.2. The minimum atomic E-state index is 0.414. The molecule has 0 heterocycles. The Morgan fingerprint density at radius 1 is 0.429 bits per heavy atom. The van der Waals surface area contributed by atoms with Gasteiger partial charge in [-0.05, 0) is 89.2 Å². The van der Waals surface area contributed by atoms with E-state index in [9.17, 15) is 0 Å². The van der Waals surface area contributed by atoms with Crippen LogP contribution in [0.1, 0.15) is 130 Å². The lowest BCUT2D eigenvalue weighted by atomic mass is 9.83. The van der Waals surface area contributed by atoms with Gasteiger partial charge in [0.15, 0.2) is 0 Å². The van der Waals surface area contributed by atoms with Gasteiger partial charge in [-0.15, -0.1) is 0 Å². The maximum Gasteiger partial charge on any atom is 0.0314 e. The molecule has 2 nitrogen and oxygen atoms in total. The number of benzene rings is 4. The first-order chi connectivity index (χ1) is 20.5. The van der Waals surface area contributed by atoms with E-state index in [-0.39, 0.29) is 0 Å². The van der Waals surface area contributed by atoms with E-state index in [4.69, 9.17) is 11.5 Å². The summed E-state index contributed by atoms with van der Waals surface area (Å²) in [4.78, 5) is 0. The normalized spacial score (nSPS) is 13.5. The van der Waals surface area contributed by atoms with Crippen molar-refractivity contribution in [3.8, 4) is 0 Å². The first-order valence-corrected chi connectivity index (χ1v) is 16.4. The molecule has 0 aliphatic rings. The molecule has 0 bridgehead atoms. The van der Waals surface area contributed by atoms with E-state index in [1.165, 1.54) is 65.5 Å². The fourth-order valence-electron chi connectivity index (χ4n) is 6.46. The molecule has 0 aliphatic heterocycles. The molecule has 4 aromatic rings. The van der Waals surface area contributed by atoms with E-state index >= 15 is 0 Å². The molecular formula is C40H52N2. The van der Waals surface area contributed by atoms with Crippen molar-refractivity contribution in [2.24, 2.45) is 0 Å². The molecule has 3 atom stereocenters. The van der Waals surface area contributed by atoms with Crippen LogP contribution >= 0.6 is 0 Å². The van der Waals surface area contributed by atoms with Crippen LogP contribution in [-0.2, 0) is 6.42 Å². The largest absolute Gasteiger partial charge is 0.399 e. The van der Waals surface area contributed by atoms with Crippen molar-refractivity contribution in [2.45, 2.75) is 103 Å².